The molecule has 0 saturated carbocycles. The number of rotatable bonds is 3. The van der Waals surface area contributed by atoms with Gasteiger partial charge in [-0.05, 0) is 36.2 Å². The molecule has 0 heterocycles. The van der Waals surface area contributed by atoms with E-state index in [0.29, 0.717) is 28.7 Å². The number of halogens is 1. The van der Waals surface area contributed by atoms with Crippen LogP contribution in [0.5, 0.6) is 5.75 Å². The summed E-state index contributed by atoms with van der Waals surface area (Å²) < 4.78 is 4.94. The van der Waals surface area contributed by atoms with Crippen LogP contribution < -0.4 is 4.74 Å². The van der Waals surface area contributed by atoms with Crippen molar-refractivity contribution in [2.24, 2.45) is 0 Å². The smallest absolute Gasteiger partial charge is 0.252 e. The maximum absolute atomic E-state index is 11.0. The predicted molar refractivity (Wildman–Crippen MR) is 53.3 cm³/mol. The Kier molecular flexibility index (Phi) is 3.25. The lowest BCUT2D eigenvalue weighted by atomic mass is 10.1. The SMILES string of the molecule is COc1cc(C(=O)Cl)c(C)cc1C=O. The van der Waals surface area contributed by atoms with Crippen molar-refractivity contribution in [1.82, 2.24) is 0 Å². The molecule has 3 nitrogen and oxygen atoms in total. The average molecular weight is 213 g/mol. The van der Waals surface area contributed by atoms with Gasteiger partial charge in [0.2, 0.25) is 0 Å². The lowest BCUT2D eigenvalue weighted by Gasteiger charge is -2.07. The number of ether oxygens (including phenoxy) is 1. The summed E-state index contributed by atoms with van der Waals surface area (Å²) in [5.41, 5.74) is 1.42. The zero-order valence-electron chi connectivity index (χ0n) is 7.83. The van der Waals surface area contributed by atoms with Crippen LogP contribution in [0.3, 0.4) is 0 Å². The topological polar surface area (TPSA) is 43.4 Å². The van der Waals surface area contributed by atoms with Crippen molar-refractivity contribution in [3.8, 4) is 5.75 Å². The lowest BCUT2D eigenvalue weighted by Crippen LogP contribution is -1.98. The Labute approximate surface area is 86.6 Å². The standard InChI is InChI=1S/C10H9ClO3/c1-6-3-7(5-12)9(14-2)4-8(6)10(11)13/h3-5H,1-2H3. The molecule has 1 aromatic rings. The maximum atomic E-state index is 11.0. The average Bonchev–Trinajstić information content (AvgIpc) is 2.16. The highest BCUT2D eigenvalue weighted by atomic mass is 35.5. The van der Waals surface area contributed by atoms with Crippen LogP contribution in [0, 0.1) is 6.92 Å². The molecule has 4 heteroatoms. The maximum Gasteiger partial charge on any atom is 0.252 e. The van der Waals surface area contributed by atoms with E-state index in [-0.39, 0.29) is 0 Å². The van der Waals surface area contributed by atoms with E-state index in [2.05, 4.69) is 0 Å². The van der Waals surface area contributed by atoms with Crippen molar-refractivity contribution in [1.29, 1.82) is 0 Å². The summed E-state index contributed by atoms with van der Waals surface area (Å²) in [6.45, 7) is 1.71. The first-order valence-electron chi connectivity index (χ1n) is 3.93. The van der Waals surface area contributed by atoms with E-state index in [1.807, 2.05) is 0 Å². The zero-order chi connectivity index (χ0) is 10.7. The molecule has 0 saturated heterocycles. The monoisotopic (exact) mass is 212 g/mol. The molecule has 0 N–H and O–H groups in total. The molecule has 0 amide bonds. The highest BCUT2D eigenvalue weighted by molar-refractivity contribution is 6.68. The third-order valence-corrected chi connectivity index (χ3v) is 2.12. The van der Waals surface area contributed by atoms with Crippen LogP contribution in [-0.4, -0.2) is 18.6 Å². The Morgan fingerprint density at radius 1 is 1.50 bits per heavy atom. The van der Waals surface area contributed by atoms with Gasteiger partial charge in [-0.1, -0.05) is 0 Å². The van der Waals surface area contributed by atoms with E-state index in [0.717, 1.165) is 0 Å². The zero-order valence-corrected chi connectivity index (χ0v) is 8.59. The van der Waals surface area contributed by atoms with Crippen molar-refractivity contribution in [3.63, 3.8) is 0 Å². The summed E-state index contributed by atoms with van der Waals surface area (Å²) in [4.78, 5) is 21.6. The summed E-state index contributed by atoms with van der Waals surface area (Å²) in [7, 11) is 1.43. The quantitative estimate of drug-likeness (QED) is 0.570. The van der Waals surface area contributed by atoms with Gasteiger partial charge in [0.25, 0.3) is 5.24 Å². The molecule has 0 fully saturated rings. The van der Waals surface area contributed by atoms with Crippen molar-refractivity contribution in [2.75, 3.05) is 7.11 Å². The Balaban J connectivity index is 3.37. The van der Waals surface area contributed by atoms with Gasteiger partial charge in [-0.25, -0.2) is 0 Å². The van der Waals surface area contributed by atoms with Crippen molar-refractivity contribution < 1.29 is 14.3 Å². The number of hydrogen-bond donors (Lipinski definition) is 0. The lowest BCUT2D eigenvalue weighted by molar-refractivity contribution is 0.107. The Morgan fingerprint density at radius 3 is 2.57 bits per heavy atom. The number of carbonyl (C=O) groups is 2. The predicted octanol–water partition coefficient (Wildman–Crippen LogP) is 2.20. The van der Waals surface area contributed by atoms with Crippen LogP contribution in [-0.2, 0) is 0 Å². The fraction of sp³-hybridized carbons (Fsp3) is 0.200. The van der Waals surface area contributed by atoms with Crippen LogP contribution in [0.4, 0.5) is 0 Å². The number of benzene rings is 1. The van der Waals surface area contributed by atoms with Gasteiger partial charge in [0.05, 0.1) is 12.7 Å². The fourth-order valence-electron chi connectivity index (χ4n) is 1.19. The molecule has 14 heavy (non-hydrogen) atoms. The van der Waals surface area contributed by atoms with E-state index in [9.17, 15) is 9.59 Å². The second-order valence-corrected chi connectivity index (χ2v) is 3.14. The minimum atomic E-state index is -0.557. The number of carbonyl (C=O) groups excluding carboxylic acids is 2. The largest absolute Gasteiger partial charge is 0.496 e. The first kappa shape index (κ1) is 10.7. The Morgan fingerprint density at radius 2 is 2.14 bits per heavy atom. The molecule has 74 valence electrons. The van der Waals surface area contributed by atoms with Gasteiger partial charge in [-0.15, -0.1) is 0 Å². The number of hydrogen-bond acceptors (Lipinski definition) is 3. The van der Waals surface area contributed by atoms with Gasteiger partial charge in [0.15, 0.2) is 6.29 Å². The Hall–Kier alpha value is -1.35. The number of aryl methyl sites for hydroxylation is 1. The van der Waals surface area contributed by atoms with Crippen LogP contribution >= 0.6 is 11.6 Å². The molecule has 0 atom stereocenters. The summed E-state index contributed by atoms with van der Waals surface area (Å²) in [6, 6.07) is 3.04. The molecule has 0 unspecified atom stereocenters. The highest BCUT2D eigenvalue weighted by Crippen LogP contribution is 2.23. The minimum Gasteiger partial charge on any atom is -0.496 e. The molecule has 0 spiro atoms. The van der Waals surface area contributed by atoms with Gasteiger partial charge >= 0.3 is 0 Å². The second kappa shape index (κ2) is 4.24. The number of aldehydes is 1. The van der Waals surface area contributed by atoms with Gasteiger partial charge in [0.1, 0.15) is 5.75 Å². The Bertz CT molecular complexity index is 385. The molecule has 0 radical (unpaired) electrons. The van der Waals surface area contributed by atoms with E-state index in [1.165, 1.54) is 13.2 Å². The molecule has 0 aliphatic carbocycles. The first-order valence-corrected chi connectivity index (χ1v) is 4.31. The van der Waals surface area contributed by atoms with Crippen molar-refractivity contribution in [2.45, 2.75) is 6.92 Å². The van der Waals surface area contributed by atoms with Gasteiger partial charge in [-0.2, -0.15) is 0 Å². The molecule has 0 aliphatic heterocycles. The molecular weight excluding hydrogens is 204 g/mol. The molecule has 1 rings (SSSR count). The first-order chi connectivity index (χ1) is 6.60. The molecule has 0 bridgehead atoms. The van der Waals surface area contributed by atoms with Gasteiger partial charge < -0.3 is 4.74 Å². The van der Waals surface area contributed by atoms with Crippen molar-refractivity contribution >= 4 is 23.1 Å². The second-order valence-electron chi connectivity index (χ2n) is 2.80. The van der Waals surface area contributed by atoms with E-state index >= 15 is 0 Å². The summed E-state index contributed by atoms with van der Waals surface area (Å²) >= 11 is 5.35. The highest BCUT2D eigenvalue weighted by Gasteiger charge is 2.11. The normalized spacial score (nSPS) is 9.64. The summed E-state index contributed by atoms with van der Waals surface area (Å²) in [6.07, 6.45) is 0.675. The van der Waals surface area contributed by atoms with E-state index < -0.39 is 5.24 Å². The van der Waals surface area contributed by atoms with E-state index in [4.69, 9.17) is 16.3 Å². The van der Waals surface area contributed by atoms with Gasteiger partial charge in [-0.3, -0.25) is 9.59 Å². The number of methoxy groups -OCH3 is 1. The molecular formula is C10H9ClO3. The van der Waals surface area contributed by atoms with E-state index in [1.54, 1.807) is 13.0 Å². The minimum absolute atomic E-state index is 0.356. The van der Waals surface area contributed by atoms with Crippen LogP contribution in [0.2, 0.25) is 0 Å². The third kappa shape index (κ3) is 1.93. The van der Waals surface area contributed by atoms with Gasteiger partial charge in [0, 0.05) is 5.56 Å². The van der Waals surface area contributed by atoms with Crippen LogP contribution in [0.25, 0.3) is 0 Å². The molecule has 0 aromatic heterocycles. The fourth-order valence-corrected chi connectivity index (χ4v) is 1.39. The van der Waals surface area contributed by atoms with Crippen LogP contribution in [0.1, 0.15) is 26.3 Å². The third-order valence-electron chi connectivity index (χ3n) is 1.92. The molecule has 1 aromatic carbocycles. The molecule has 0 aliphatic rings. The summed E-state index contributed by atoms with van der Waals surface area (Å²) in [5, 5.41) is -0.557. The summed E-state index contributed by atoms with van der Waals surface area (Å²) in [5.74, 6) is 0.356. The van der Waals surface area contributed by atoms with Crippen molar-refractivity contribution in [3.05, 3.63) is 28.8 Å². The van der Waals surface area contributed by atoms with Crippen LogP contribution in [0.15, 0.2) is 12.1 Å².